The van der Waals surface area contributed by atoms with Crippen molar-refractivity contribution in [1.82, 2.24) is 10.3 Å². The number of rotatable bonds is 8. The molecule has 3 heterocycles. The molecule has 1 aromatic heterocycles. The lowest BCUT2D eigenvalue weighted by molar-refractivity contribution is 0.120. The molecular weight excluding hydrogens is 430 g/mol. The van der Waals surface area contributed by atoms with Gasteiger partial charge in [0.05, 0.1) is 12.8 Å². The molecule has 4 rings (SSSR count). The fourth-order valence-corrected chi connectivity index (χ4v) is 4.36. The Kier molecular flexibility index (Phi) is 6.39. The van der Waals surface area contributed by atoms with Crippen molar-refractivity contribution >= 4 is 17.2 Å². The highest BCUT2D eigenvalue weighted by molar-refractivity contribution is 6.14. The number of allylic oxidation sites excluding steroid dienone is 1. The summed E-state index contributed by atoms with van der Waals surface area (Å²) in [6.07, 6.45) is 3.22. The summed E-state index contributed by atoms with van der Waals surface area (Å²) in [7, 11) is 1.55. The maximum Gasteiger partial charge on any atom is 0.162 e. The van der Waals surface area contributed by atoms with E-state index >= 15 is 0 Å². The zero-order valence-electron chi connectivity index (χ0n) is 19.9. The van der Waals surface area contributed by atoms with E-state index in [1.54, 1.807) is 32.4 Å². The Morgan fingerprint density at radius 2 is 1.97 bits per heavy atom. The molecule has 2 aromatic rings. The molecule has 2 saturated heterocycles. The Balaban J connectivity index is 1.53. The first-order valence-electron chi connectivity index (χ1n) is 11.2. The van der Waals surface area contributed by atoms with E-state index in [4.69, 9.17) is 32.1 Å². The first-order valence-corrected chi connectivity index (χ1v) is 11.2. The average Bonchev–Trinajstić information content (AvgIpc) is 2.77. The van der Waals surface area contributed by atoms with E-state index in [9.17, 15) is 0 Å². The van der Waals surface area contributed by atoms with Crippen LogP contribution in [0.5, 0.6) is 11.5 Å². The van der Waals surface area contributed by atoms with Crippen LogP contribution in [0.25, 0.3) is 0 Å². The van der Waals surface area contributed by atoms with Gasteiger partial charge < -0.3 is 36.9 Å². The lowest BCUT2D eigenvalue weighted by Gasteiger charge is -2.56. The second-order valence-electron chi connectivity index (χ2n) is 9.13. The highest BCUT2D eigenvalue weighted by Gasteiger charge is 2.47. The van der Waals surface area contributed by atoms with E-state index in [-0.39, 0.29) is 12.3 Å². The predicted octanol–water partition coefficient (Wildman–Crippen LogP) is 1.97. The lowest BCUT2D eigenvalue weighted by Crippen LogP contribution is -2.71. The summed E-state index contributed by atoms with van der Waals surface area (Å²) >= 11 is 0. The summed E-state index contributed by atoms with van der Waals surface area (Å²) in [5.41, 5.74) is 22.5. The molecule has 0 atom stereocenters. The molecule has 0 saturated carbocycles. The summed E-state index contributed by atoms with van der Waals surface area (Å²) in [5, 5.41) is 12.1. The van der Waals surface area contributed by atoms with Crippen LogP contribution in [0, 0.1) is 10.8 Å². The van der Waals surface area contributed by atoms with Crippen molar-refractivity contribution in [2.45, 2.75) is 13.8 Å². The molecule has 9 heteroatoms. The number of benzene rings is 1. The van der Waals surface area contributed by atoms with Gasteiger partial charge in [-0.25, -0.2) is 4.98 Å². The normalized spacial score (nSPS) is 17.5. The summed E-state index contributed by atoms with van der Waals surface area (Å²) in [4.78, 5) is 6.86. The predicted molar refractivity (Wildman–Crippen MR) is 135 cm³/mol. The van der Waals surface area contributed by atoms with Gasteiger partial charge in [0.15, 0.2) is 11.5 Å². The van der Waals surface area contributed by atoms with E-state index in [0.29, 0.717) is 39.4 Å². The number of aromatic nitrogens is 1. The SMILES string of the molecule is COc1cc(N)c(C(=N)c2ccc(N3CC4(CNC4)C3)nc2)cc1OCC(/C(C)=C\N)=C(\C)N. The second-order valence-corrected chi connectivity index (χ2v) is 9.13. The molecule has 0 amide bonds. The molecule has 0 unspecified atom stereocenters. The number of nitrogens with zero attached hydrogens (tertiary/aromatic N) is 2. The zero-order valence-corrected chi connectivity index (χ0v) is 19.9. The van der Waals surface area contributed by atoms with Crippen molar-refractivity contribution in [3.8, 4) is 11.5 Å². The average molecular weight is 464 g/mol. The number of hydrogen-bond acceptors (Lipinski definition) is 9. The Hall–Kier alpha value is -3.72. The van der Waals surface area contributed by atoms with E-state index in [1.807, 2.05) is 19.1 Å². The Labute approximate surface area is 200 Å². The van der Waals surface area contributed by atoms with Crippen LogP contribution in [0.4, 0.5) is 11.5 Å². The number of methoxy groups -OCH3 is 1. The number of nitrogens with two attached hydrogens (primary N) is 3. The number of pyridine rings is 1. The standard InChI is InChI=1S/C25H33N7O2/c1-15(8-26)19(16(2)27)10-34-22-6-18(20(28)7-21(22)33-3)24(29)17-4-5-23(31-9-17)32-13-25(14-32)11-30-12-25/h4-9,29-30H,10-14,26-28H2,1-3H3/b15-8-,19-16-,29-24?. The van der Waals surface area contributed by atoms with Crippen molar-refractivity contribution in [3.05, 3.63) is 64.6 Å². The highest BCUT2D eigenvalue weighted by Crippen LogP contribution is 2.37. The summed E-state index contributed by atoms with van der Waals surface area (Å²) in [6, 6.07) is 7.26. The Morgan fingerprint density at radius 3 is 2.50 bits per heavy atom. The van der Waals surface area contributed by atoms with Gasteiger partial charge in [0.2, 0.25) is 0 Å². The van der Waals surface area contributed by atoms with Gasteiger partial charge in [-0.05, 0) is 43.8 Å². The number of hydrogen-bond donors (Lipinski definition) is 5. The molecule has 1 aromatic carbocycles. The van der Waals surface area contributed by atoms with Crippen molar-refractivity contribution in [2.24, 2.45) is 16.9 Å². The minimum Gasteiger partial charge on any atom is -0.493 e. The molecule has 9 nitrogen and oxygen atoms in total. The lowest BCUT2D eigenvalue weighted by atomic mass is 9.74. The van der Waals surface area contributed by atoms with Crippen LogP contribution in [0.2, 0.25) is 0 Å². The van der Waals surface area contributed by atoms with E-state index in [2.05, 4.69) is 15.2 Å². The minimum absolute atomic E-state index is 0.206. The molecule has 2 fully saturated rings. The molecule has 0 aliphatic carbocycles. The van der Waals surface area contributed by atoms with Crippen LogP contribution >= 0.6 is 0 Å². The summed E-state index contributed by atoms with van der Waals surface area (Å²) in [6.45, 7) is 8.08. The van der Waals surface area contributed by atoms with E-state index in [0.717, 1.165) is 43.1 Å². The Bertz CT molecular complexity index is 1140. The smallest absolute Gasteiger partial charge is 0.162 e. The maximum atomic E-state index is 8.76. The summed E-state index contributed by atoms with van der Waals surface area (Å²) in [5.74, 6) is 1.87. The largest absolute Gasteiger partial charge is 0.493 e. The Morgan fingerprint density at radius 1 is 1.24 bits per heavy atom. The van der Waals surface area contributed by atoms with E-state index < -0.39 is 0 Å². The van der Waals surface area contributed by atoms with Gasteiger partial charge in [-0.15, -0.1) is 0 Å². The fourth-order valence-electron chi connectivity index (χ4n) is 4.36. The van der Waals surface area contributed by atoms with Gasteiger partial charge in [0.25, 0.3) is 0 Å². The van der Waals surface area contributed by atoms with Crippen molar-refractivity contribution in [3.63, 3.8) is 0 Å². The van der Waals surface area contributed by atoms with Crippen LogP contribution in [0.1, 0.15) is 25.0 Å². The number of nitrogens with one attached hydrogen (secondary N) is 2. The third-order valence-electron chi connectivity index (χ3n) is 6.59. The van der Waals surface area contributed by atoms with Gasteiger partial charge in [-0.3, -0.25) is 5.41 Å². The topological polar surface area (TPSA) is 149 Å². The van der Waals surface area contributed by atoms with Crippen molar-refractivity contribution in [2.75, 3.05) is 50.5 Å². The van der Waals surface area contributed by atoms with Crippen molar-refractivity contribution in [1.29, 1.82) is 5.41 Å². The van der Waals surface area contributed by atoms with Crippen LogP contribution in [-0.2, 0) is 0 Å². The monoisotopic (exact) mass is 463 g/mol. The quantitative estimate of drug-likeness (QED) is 0.227. The molecular formula is C25H33N7O2. The van der Waals surface area contributed by atoms with Crippen LogP contribution in [-0.4, -0.2) is 50.6 Å². The second kappa shape index (κ2) is 9.26. The third kappa shape index (κ3) is 4.38. The van der Waals surface area contributed by atoms with Crippen molar-refractivity contribution < 1.29 is 9.47 Å². The fraction of sp³-hybridized carbons (Fsp3) is 0.360. The zero-order chi connectivity index (χ0) is 24.5. The van der Waals surface area contributed by atoms with Gasteiger partial charge >= 0.3 is 0 Å². The van der Waals surface area contributed by atoms with Gasteiger partial charge in [0.1, 0.15) is 12.4 Å². The van der Waals surface area contributed by atoms with Crippen LogP contribution < -0.4 is 36.9 Å². The minimum atomic E-state index is 0.206. The molecule has 2 aliphatic heterocycles. The molecule has 180 valence electrons. The van der Waals surface area contributed by atoms with Gasteiger partial charge in [-0.1, -0.05) is 0 Å². The first-order chi connectivity index (χ1) is 16.3. The number of nitrogen functional groups attached to an aromatic ring is 1. The molecule has 2 aliphatic rings. The van der Waals surface area contributed by atoms with E-state index in [1.165, 1.54) is 6.20 Å². The number of anilines is 2. The van der Waals surface area contributed by atoms with Gasteiger partial charge in [-0.2, -0.15) is 0 Å². The first kappa shape index (κ1) is 23.4. The number of ether oxygens (including phenoxy) is 2. The van der Waals surface area contributed by atoms with Gasteiger partial charge in [0, 0.05) is 71.9 Å². The third-order valence-corrected chi connectivity index (χ3v) is 6.59. The summed E-state index contributed by atoms with van der Waals surface area (Å²) < 4.78 is 11.5. The molecule has 0 radical (unpaired) electrons. The molecule has 1 spiro atoms. The van der Waals surface area contributed by atoms with Crippen LogP contribution in [0.3, 0.4) is 0 Å². The van der Waals surface area contributed by atoms with Crippen LogP contribution in [0.15, 0.2) is 53.5 Å². The maximum absolute atomic E-state index is 8.76. The highest BCUT2D eigenvalue weighted by atomic mass is 16.5. The molecule has 8 N–H and O–H groups in total. The molecule has 0 bridgehead atoms. The molecule has 34 heavy (non-hydrogen) atoms.